The summed E-state index contributed by atoms with van der Waals surface area (Å²) in [6.45, 7) is 10.7. The lowest BCUT2D eigenvalue weighted by Gasteiger charge is -1.75. The van der Waals surface area contributed by atoms with Crippen molar-refractivity contribution in [2.75, 3.05) is 0 Å². The molecule has 1 nitrogen and oxygen atoms in total. The number of hydrogen-bond donors (Lipinski definition) is 1. The highest BCUT2D eigenvalue weighted by molar-refractivity contribution is 4.72. The molecule has 1 heteroatoms. The summed E-state index contributed by atoms with van der Waals surface area (Å²) in [5.74, 6) is 0. The first-order valence-corrected chi connectivity index (χ1v) is 2.39. The van der Waals surface area contributed by atoms with Crippen LogP contribution < -0.4 is 5.32 Å². The van der Waals surface area contributed by atoms with E-state index in [0.29, 0.717) is 0 Å². The van der Waals surface area contributed by atoms with E-state index in [-0.39, 0.29) is 0 Å². The summed E-state index contributed by atoms with van der Waals surface area (Å²) in [5, 5.41) is 2.64. The molecule has 0 spiro atoms. The second kappa shape index (κ2) is 18.6. The van der Waals surface area contributed by atoms with Crippen LogP contribution in [0.2, 0.25) is 0 Å². The van der Waals surface area contributed by atoms with Crippen molar-refractivity contribution in [3.63, 3.8) is 0 Å². The van der Waals surface area contributed by atoms with E-state index in [1.807, 2.05) is 13.8 Å². The average Bonchev–Trinajstić information content (AvgIpc) is 1.75. The third kappa shape index (κ3) is 34.7. The van der Waals surface area contributed by atoms with Crippen molar-refractivity contribution >= 4 is 0 Å². The predicted molar refractivity (Wildman–Crippen MR) is 34.9 cm³/mol. The molecule has 42 valence electrons. The van der Waals surface area contributed by atoms with Crippen molar-refractivity contribution in [1.29, 1.82) is 0 Å². The number of rotatable bonds is 2. The van der Waals surface area contributed by atoms with E-state index in [4.69, 9.17) is 0 Å². The lowest BCUT2D eigenvalue weighted by atomic mass is 10.9. The van der Waals surface area contributed by atoms with Crippen LogP contribution in [0.3, 0.4) is 0 Å². The minimum atomic E-state index is 1.56. The van der Waals surface area contributed by atoms with E-state index in [0.717, 1.165) is 0 Å². The molecule has 0 rings (SSSR count). The zero-order valence-corrected chi connectivity index (χ0v) is 5.07. The SMILES string of the molecule is C=CNC=C.CC. The third-order valence-corrected chi connectivity index (χ3v) is 0.236. The van der Waals surface area contributed by atoms with Gasteiger partial charge in [0.2, 0.25) is 0 Å². The van der Waals surface area contributed by atoms with Crippen LogP contribution in [-0.2, 0) is 0 Å². The molecule has 0 radical (unpaired) electrons. The number of nitrogens with one attached hydrogen (secondary N) is 1. The van der Waals surface area contributed by atoms with Crippen LogP contribution in [0.15, 0.2) is 25.6 Å². The second-order valence-corrected chi connectivity index (χ2v) is 0.575. The van der Waals surface area contributed by atoms with Gasteiger partial charge in [-0.15, -0.1) is 0 Å². The zero-order chi connectivity index (χ0) is 6.12. The normalized spacial score (nSPS) is 4.86. The highest BCUT2D eigenvalue weighted by atomic mass is 14.8. The van der Waals surface area contributed by atoms with Gasteiger partial charge in [0.1, 0.15) is 0 Å². The molecule has 0 aliphatic rings. The first-order valence-electron chi connectivity index (χ1n) is 2.39. The van der Waals surface area contributed by atoms with E-state index >= 15 is 0 Å². The van der Waals surface area contributed by atoms with Gasteiger partial charge >= 0.3 is 0 Å². The smallest absolute Gasteiger partial charge is 0.00679 e. The van der Waals surface area contributed by atoms with Crippen molar-refractivity contribution in [1.82, 2.24) is 5.32 Å². The molecule has 0 atom stereocenters. The minimum absolute atomic E-state index is 1.56. The number of hydrogen-bond acceptors (Lipinski definition) is 1. The Morgan fingerprint density at radius 3 is 1.43 bits per heavy atom. The summed E-state index contributed by atoms with van der Waals surface area (Å²) >= 11 is 0. The van der Waals surface area contributed by atoms with Crippen molar-refractivity contribution in [2.45, 2.75) is 13.8 Å². The Kier molecular flexibility index (Phi) is 25.4. The van der Waals surface area contributed by atoms with E-state index in [1.165, 1.54) is 0 Å². The fourth-order valence-corrected chi connectivity index (χ4v) is 0.0833. The summed E-state index contributed by atoms with van der Waals surface area (Å²) in [7, 11) is 0. The summed E-state index contributed by atoms with van der Waals surface area (Å²) in [5.41, 5.74) is 0. The van der Waals surface area contributed by atoms with Gasteiger partial charge in [-0.2, -0.15) is 0 Å². The second-order valence-electron chi connectivity index (χ2n) is 0.575. The van der Waals surface area contributed by atoms with Gasteiger partial charge in [0.15, 0.2) is 0 Å². The standard InChI is InChI=1S/C4H7N.C2H6/c1-3-5-4-2;1-2/h3-5H,1-2H2;1-2H3. The molecule has 0 heterocycles. The van der Waals surface area contributed by atoms with Gasteiger partial charge < -0.3 is 5.32 Å². The molecule has 0 saturated carbocycles. The molecule has 0 saturated heterocycles. The monoisotopic (exact) mass is 99.1 g/mol. The molecule has 0 unspecified atom stereocenters. The Balaban J connectivity index is 0. The highest BCUT2D eigenvalue weighted by Gasteiger charge is 1.43. The zero-order valence-electron chi connectivity index (χ0n) is 5.07. The largest absolute Gasteiger partial charge is 0.369 e. The van der Waals surface area contributed by atoms with Gasteiger partial charge in [-0.05, 0) is 12.4 Å². The maximum absolute atomic E-state index is 3.37. The van der Waals surface area contributed by atoms with Gasteiger partial charge in [-0.25, -0.2) is 0 Å². The van der Waals surface area contributed by atoms with E-state index < -0.39 is 0 Å². The Labute approximate surface area is 45.7 Å². The summed E-state index contributed by atoms with van der Waals surface area (Å²) in [6.07, 6.45) is 3.12. The van der Waals surface area contributed by atoms with Crippen molar-refractivity contribution in [3.8, 4) is 0 Å². The molecule has 1 N–H and O–H groups in total. The predicted octanol–water partition coefficient (Wildman–Crippen LogP) is 1.89. The van der Waals surface area contributed by atoms with E-state index in [2.05, 4.69) is 18.5 Å². The lowest BCUT2D eigenvalue weighted by Crippen LogP contribution is -1.85. The molecular formula is C6H13N. The average molecular weight is 99.2 g/mol. The Morgan fingerprint density at radius 1 is 1.14 bits per heavy atom. The van der Waals surface area contributed by atoms with Crippen LogP contribution in [0, 0.1) is 0 Å². The lowest BCUT2D eigenvalue weighted by molar-refractivity contribution is 1.21. The quantitative estimate of drug-likeness (QED) is 0.557. The molecule has 0 aromatic carbocycles. The molecular weight excluding hydrogens is 86.1 g/mol. The van der Waals surface area contributed by atoms with Gasteiger partial charge in [-0.1, -0.05) is 27.0 Å². The molecule has 0 amide bonds. The molecule has 0 bridgehead atoms. The maximum Gasteiger partial charge on any atom is -0.00679 e. The van der Waals surface area contributed by atoms with Crippen molar-refractivity contribution < 1.29 is 0 Å². The third-order valence-electron chi connectivity index (χ3n) is 0.236. The minimum Gasteiger partial charge on any atom is -0.369 e. The van der Waals surface area contributed by atoms with Gasteiger partial charge in [-0.3, -0.25) is 0 Å². The Hall–Kier alpha value is -0.720. The summed E-state index contributed by atoms with van der Waals surface area (Å²) in [4.78, 5) is 0. The molecule has 0 aromatic rings. The first kappa shape index (κ1) is 9.56. The molecule has 0 aliphatic heterocycles. The van der Waals surface area contributed by atoms with Crippen LogP contribution in [0.4, 0.5) is 0 Å². The van der Waals surface area contributed by atoms with Crippen LogP contribution in [0.5, 0.6) is 0 Å². The van der Waals surface area contributed by atoms with Gasteiger partial charge in [0, 0.05) is 0 Å². The Morgan fingerprint density at radius 2 is 1.43 bits per heavy atom. The fourth-order valence-electron chi connectivity index (χ4n) is 0.0833. The maximum atomic E-state index is 3.37. The van der Waals surface area contributed by atoms with Crippen molar-refractivity contribution in [3.05, 3.63) is 25.6 Å². The fraction of sp³-hybridized carbons (Fsp3) is 0.333. The topological polar surface area (TPSA) is 12.0 Å². The van der Waals surface area contributed by atoms with Crippen LogP contribution >= 0.6 is 0 Å². The van der Waals surface area contributed by atoms with Gasteiger partial charge in [0.05, 0.1) is 0 Å². The molecule has 0 fully saturated rings. The Bertz CT molecular complexity index is 33.4. The first-order chi connectivity index (χ1) is 3.41. The summed E-state index contributed by atoms with van der Waals surface area (Å²) < 4.78 is 0. The van der Waals surface area contributed by atoms with Gasteiger partial charge in [0.25, 0.3) is 0 Å². The van der Waals surface area contributed by atoms with E-state index in [1.54, 1.807) is 12.4 Å². The van der Waals surface area contributed by atoms with Crippen LogP contribution in [0.25, 0.3) is 0 Å². The van der Waals surface area contributed by atoms with Crippen LogP contribution in [0.1, 0.15) is 13.8 Å². The molecule has 0 aliphatic carbocycles. The molecule has 7 heavy (non-hydrogen) atoms. The highest BCUT2D eigenvalue weighted by Crippen LogP contribution is 1.46. The van der Waals surface area contributed by atoms with E-state index in [9.17, 15) is 0 Å². The molecule has 0 aromatic heterocycles. The summed E-state index contributed by atoms with van der Waals surface area (Å²) in [6, 6.07) is 0. The van der Waals surface area contributed by atoms with Crippen molar-refractivity contribution in [2.24, 2.45) is 0 Å². The van der Waals surface area contributed by atoms with Crippen LogP contribution in [-0.4, -0.2) is 0 Å².